The molecule has 0 bridgehead atoms. The van der Waals surface area contributed by atoms with Crippen molar-refractivity contribution in [2.45, 2.75) is 25.7 Å². The maximum absolute atomic E-state index is 11.5. The lowest BCUT2D eigenvalue weighted by Gasteiger charge is -2.09. The van der Waals surface area contributed by atoms with Gasteiger partial charge in [0.1, 0.15) is 0 Å². The van der Waals surface area contributed by atoms with Crippen molar-refractivity contribution in [3.63, 3.8) is 0 Å². The van der Waals surface area contributed by atoms with Gasteiger partial charge in [0.2, 0.25) is 0 Å². The predicted molar refractivity (Wildman–Crippen MR) is 64.9 cm³/mol. The van der Waals surface area contributed by atoms with Crippen molar-refractivity contribution in [3.05, 3.63) is 28.8 Å². The minimum absolute atomic E-state index is 0.0535. The highest BCUT2D eigenvalue weighted by molar-refractivity contribution is 8.13. The lowest BCUT2D eigenvalue weighted by molar-refractivity contribution is 0.0526. The topological polar surface area (TPSA) is 60.4 Å². The minimum atomic E-state index is -3.86. The summed E-state index contributed by atoms with van der Waals surface area (Å²) in [5.74, 6) is -0.558. The van der Waals surface area contributed by atoms with Gasteiger partial charge < -0.3 is 4.74 Å². The van der Waals surface area contributed by atoms with E-state index in [0.717, 1.165) is 0 Å². The van der Waals surface area contributed by atoms with Crippen molar-refractivity contribution in [2.75, 3.05) is 6.61 Å². The third-order valence-corrected chi connectivity index (χ3v) is 3.84. The molecule has 0 fully saturated rings. The molecule has 0 saturated carbocycles. The molecule has 94 valence electrons. The zero-order valence-corrected chi connectivity index (χ0v) is 11.4. The fraction of sp³-hybridized carbons (Fsp3) is 0.364. The van der Waals surface area contributed by atoms with E-state index in [1.165, 1.54) is 6.07 Å². The van der Waals surface area contributed by atoms with Crippen LogP contribution in [0.3, 0.4) is 0 Å². The second-order valence-corrected chi connectivity index (χ2v) is 6.11. The molecule has 0 aromatic heterocycles. The highest BCUT2D eigenvalue weighted by Gasteiger charge is 2.19. The summed E-state index contributed by atoms with van der Waals surface area (Å²) in [7, 11) is 1.45. The average molecular weight is 277 g/mol. The Balaban J connectivity index is 3.39. The molecule has 17 heavy (non-hydrogen) atoms. The van der Waals surface area contributed by atoms with Crippen molar-refractivity contribution in [2.24, 2.45) is 0 Å². The van der Waals surface area contributed by atoms with Crippen LogP contribution >= 0.6 is 10.7 Å². The monoisotopic (exact) mass is 276 g/mol. The first-order chi connectivity index (χ1) is 7.77. The van der Waals surface area contributed by atoms with Gasteiger partial charge in [-0.15, -0.1) is 0 Å². The van der Waals surface area contributed by atoms with Gasteiger partial charge in [-0.1, -0.05) is 0 Å². The summed E-state index contributed by atoms with van der Waals surface area (Å²) in [4.78, 5) is 11.5. The van der Waals surface area contributed by atoms with Crippen molar-refractivity contribution >= 4 is 25.7 Å². The van der Waals surface area contributed by atoms with Crippen LogP contribution < -0.4 is 0 Å². The molecule has 0 aliphatic heterocycles. The number of carbonyl (C=O) groups is 1. The molecule has 1 rings (SSSR count). The summed E-state index contributed by atoms with van der Waals surface area (Å²) in [5, 5.41) is 0. The molecule has 0 spiro atoms. The predicted octanol–water partition coefficient (Wildman–Crippen LogP) is 2.41. The van der Waals surface area contributed by atoms with Gasteiger partial charge in [0, 0.05) is 10.7 Å². The average Bonchev–Trinajstić information content (AvgIpc) is 2.20. The van der Waals surface area contributed by atoms with E-state index >= 15 is 0 Å². The van der Waals surface area contributed by atoms with Gasteiger partial charge in [0.25, 0.3) is 9.05 Å². The number of benzene rings is 1. The first kappa shape index (κ1) is 14.0. The molecule has 0 amide bonds. The second kappa shape index (κ2) is 5.06. The van der Waals surface area contributed by atoms with Crippen LogP contribution in [0, 0.1) is 13.8 Å². The molecule has 0 aliphatic rings. The van der Waals surface area contributed by atoms with Crippen LogP contribution in [0.2, 0.25) is 0 Å². The van der Waals surface area contributed by atoms with Gasteiger partial charge >= 0.3 is 5.97 Å². The first-order valence-corrected chi connectivity index (χ1v) is 7.31. The van der Waals surface area contributed by atoms with Crippen molar-refractivity contribution in [3.8, 4) is 0 Å². The van der Waals surface area contributed by atoms with E-state index in [0.29, 0.717) is 11.1 Å². The summed E-state index contributed by atoms with van der Waals surface area (Å²) in [5.41, 5.74) is 1.40. The number of hydrogen-bond acceptors (Lipinski definition) is 4. The number of rotatable bonds is 3. The van der Waals surface area contributed by atoms with Crippen LogP contribution in [-0.4, -0.2) is 21.0 Å². The van der Waals surface area contributed by atoms with Gasteiger partial charge in [0.15, 0.2) is 0 Å². The Morgan fingerprint density at radius 1 is 1.35 bits per heavy atom. The maximum atomic E-state index is 11.5. The van der Waals surface area contributed by atoms with Crippen molar-refractivity contribution in [1.29, 1.82) is 0 Å². The van der Waals surface area contributed by atoms with Gasteiger partial charge in [-0.25, -0.2) is 13.2 Å². The van der Waals surface area contributed by atoms with Crippen LogP contribution in [0.5, 0.6) is 0 Å². The molecule has 6 heteroatoms. The fourth-order valence-electron chi connectivity index (χ4n) is 1.41. The number of halogens is 1. The van der Waals surface area contributed by atoms with E-state index in [2.05, 4.69) is 0 Å². The van der Waals surface area contributed by atoms with Crippen molar-refractivity contribution in [1.82, 2.24) is 0 Å². The Morgan fingerprint density at radius 2 is 1.94 bits per heavy atom. The zero-order chi connectivity index (χ0) is 13.2. The van der Waals surface area contributed by atoms with E-state index in [1.807, 2.05) is 0 Å². The van der Waals surface area contributed by atoms with Gasteiger partial charge in [-0.3, -0.25) is 0 Å². The number of carbonyl (C=O) groups excluding carboxylic acids is 1. The van der Waals surface area contributed by atoms with Gasteiger partial charge in [0.05, 0.1) is 17.1 Å². The van der Waals surface area contributed by atoms with Crippen LogP contribution in [0.15, 0.2) is 17.0 Å². The Hall–Kier alpha value is -1.07. The summed E-state index contributed by atoms with van der Waals surface area (Å²) < 4.78 is 27.5. The molecule has 0 heterocycles. The van der Waals surface area contributed by atoms with E-state index < -0.39 is 15.0 Å². The highest BCUT2D eigenvalue weighted by atomic mass is 35.7. The first-order valence-electron chi connectivity index (χ1n) is 5.00. The van der Waals surface area contributed by atoms with Crippen LogP contribution in [0.25, 0.3) is 0 Å². The molecule has 1 aromatic carbocycles. The lowest BCUT2D eigenvalue weighted by atomic mass is 10.1. The third-order valence-electron chi connectivity index (χ3n) is 2.39. The molecule has 0 saturated heterocycles. The number of hydrogen-bond donors (Lipinski definition) is 0. The SMILES string of the molecule is CCOC(=O)c1cc(C)c(C)c(S(=O)(=O)Cl)c1. The zero-order valence-electron chi connectivity index (χ0n) is 9.78. The summed E-state index contributed by atoms with van der Waals surface area (Å²) in [6.45, 7) is 5.26. The summed E-state index contributed by atoms with van der Waals surface area (Å²) in [6, 6.07) is 2.82. The van der Waals surface area contributed by atoms with E-state index in [-0.39, 0.29) is 17.1 Å². The van der Waals surface area contributed by atoms with E-state index in [4.69, 9.17) is 15.4 Å². The summed E-state index contributed by atoms with van der Waals surface area (Å²) in [6.07, 6.45) is 0. The molecule has 1 aromatic rings. The highest BCUT2D eigenvalue weighted by Crippen LogP contribution is 2.24. The Morgan fingerprint density at radius 3 is 2.41 bits per heavy atom. The fourth-order valence-corrected chi connectivity index (χ4v) is 2.69. The molecule has 0 radical (unpaired) electrons. The molecule has 0 aliphatic carbocycles. The molecule has 0 atom stereocenters. The second-order valence-electron chi connectivity index (χ2n) is 3.57. The number of esters is 1. The quantitative estimate of drug-likeness (QED) is 0.628. The smallest absolute Gasteiger partial charge is 0.338 e. The Bertz CT molecular complexity index is 549. The summed E-state index contributed by atoms with van der Waals surface area (Å²) >= 11 is 0. The Kier molecular flexibility index (Phi) is 4.16. The normalized spacial score (nSPS) is 11.3. The number of ether oxygens (including phenoxy) is 1. The Labute approximate surface area is 105 Å². The van der Waals surface area contributed by atoms with Gasteiger partial charge in [-0.05, 0) is 44.0 Å². The van der Waals surface area contributed by atoms with E-state index in [1.54, 1.807) is 26.8 Å². The van der Waals surface area contributed by atoms with Gasteiger partial charge in [-0.2, -0.15) is 0 Å². The molecule has 4 nitrogen and oxygen atoms in total. The maximum Gasteiger partial charge on any atom is 0.338 e. The molecule has 0 unspecified atom stereocenters. The van der Waals surface area contributed by atoms with Crippen LogP contribution in [0.4, 0.5) is 0 Å². The standard InChI is InChI=1S/C11H13ClO4S/c1-4-16-11(13)9-5-7(2)8(3)10(6-9)17(12,14)15/h5-6H,4H2,1-3H3. The van der Waals surface area contributed by atoms with E-state index in [9.17, 15) is 13.2 Å². The molecular formula is C11H13ClO4S. The molecular weight excluding hydrogens is 264 g/mol. The largest absolute Gasteiger partial charge is 0.462 e. The molecule has 0 N–H and O–H groups in total. The minimum Gasteiger partial charge on any atom is -0.462 e. The number of aryl methyl sites for hydroxylation is 1. The van der Waals surface area contributed by atoms with Crippen LogP contribution in [-0.2, 0) is 13.8 Å². The lowest BCUT2D eigenvalue weighted by Crippen LogP contribution is -2.07. The third kappa shape index (κ3) is 3.20. The van der Waals surface area contributed by atoms with Crippen LogP contribution in [0.1, 0.15) is 28.4 Å². The van der Waals surface area contributed by atoms with Crippen molar-refractivity contribution < 1.29 is 17.9 Å².